The van der Waals surface area contributed by atoms with E-state index >= 15 is 0 Å². The van der Waals surface area contributed by atoms with Crippen LogP contribution in [0.5, 0.6) is 0 Å². The first-order valence-electron chi connectivity index (χ1n) is 7.42. The lowest BCUT2D eigenvalue weighted by atomic mass is 10.1. The number of carbonyl (C=O) groups excluding carboxylic acids is 1. The molecule has 1 aromatic heterocycles. The summed E-state index contributed by atoms with van der Waals surface area (Å²) in [4.78, 5) is 19.3. The molecule has 0 saturated carbocycles. The van der Waals surface area contributed by atoms with Gasteiger partial charge in [-0.05, 0) is 32.3 Å². The Morgan fingerprint density at radius 3 is 2.68 bits per heavy atom. The topological polar surface area (TPSA) is 33.2 Å². The number of hydrogen-bond acceptors (Lipinski definition) is 3. The third-order valence-corrected chi connectivity index (χ3v) is 4.36. The fourth-order valence-corrected chi connectivity index (χ4v) is 3.02. The van der Waals surface area contributed by atoms with E-state index in [-0.39, 0.29) is 5.91 Å². The second-order valence-electron chi connectivity index (χ2n) is 5.52. The third-order valence-electron chi connectivity index (χ3n) is 3.46. The van der Waals surface area contributed by atoms with E-state index in [4.69, 9.17) is 0 Å². The summed E-state index contributed by atoms with van der Waals surface area (Å²) in [7, 11) is 1.83. The van der Waals surface area contributed by atoms with Gasteiger partial charge in [-0.15, -0.1) is 11.3 Å². The van der Waals surface area contributed by atoms with Crippen molar-refractivity contribution < 1.29 is 4.79 Å². The second kappa shape index (κ2) is 7.90. The second-order valence-corrected chi connectivity index (χ2v) is 6.84. The van der Waals surface area contributed by atoms with Crippen molar-refractivity contribution in [3.05, 3.63) is 63.6 Å². The van der Waals surface area contributed by atoms with Crippen molar-refractivity contribution in [2.45, 2.75) is 33.2 Å². The normalized spacial score (nSPS) is 11.5. The highest BCUT2D eigenvalue weighted by molar-refractivity contribution is 7.11. The smallest absolute Gasteiger partial charge is 0.246 e. The van der Waals surface area contributed by atoms with Crippen molar-refractivity contribution in [3.63, 3.8) is 0 Å². The van der Waals surface area contributed by atoms with Gasteiger partial charge >= 0.3 is 0 Å². The lowest BCUT2D eigenvalue weighted by Crippen LogP contribution is -2.24. The molecule has 0 unspecified atom stereocenters. The SMILES string of the molecule is C/C(=C\C(=O)N(C)Cc1cnc(C)s1)CCc1ccccc1. The van der Waals surface area contributed by atoms with Crippen molar-refractivity contribution in [3.8, 4) is 0 Å². The number of amides is 1. The molecule has 1 heterocycles. The maximum atomic E-state index is 12.2. The number of thiazole rings is 1. The van der Waals surface area contributed by atoms with Crippen LogP contribution in [0.3, 0.4) is 0 Å². The molecule has 0 atom stereocenters. The Kier molecular flexibility index (Phi) is 5.90. The lowest BCUT2D eigenvalue weighted by molar-refractivity contribution is -0.125. The summed E-state index contributed by atoms with van der Waals surface area (Å²) in [6, 6.07) is 10.3. The largest absolute Gasteiger partial charge is 0.337 e. The predicted octanol–water partition coefficient (Wildman–Crippen LogP) is 3.99. The molecule has 0 saturated heterocycles. The molecule has 0 aliphatic rings. The Morgan fingerprint density at radius 2 is 2.05 bits per heavy atom. The van der Waals surface area contributed by atoms with Crippen LogP contribution in [0, 0.1) is 6.92 Å². The Morgan fingerprint density at radius 1 is 1.32 bits per heavy atom. The van der Waals surface area contributed by atoms with Gasteiger partial charge in [0.1, 0.15) is 0 Å². The molecular formula is C18H22N2OS. The van der Waals surface area contributed by atoms with Crippen molar-refractivity contribution in [2.75, 3.05) is 7.05 Å². The van der Waals surface area contributed by atoms with Gasteiger partial charge in [0, 0.05) is 24.2 Å². The molecule has 4 heteroatoms. The fourth-order valence-electron chi connectivity index (χ4n) is 2.17. The molecule has 0 N–H and O–H groups in total. The number of benzene rings is 1. The van der Waals surface area contributed by atoms with E-state index in [1.165, 1.54) is 5.56 Å². The summed E-state index contributed by atoms with van der Waals surface area (Å²) in [5, 5.41) is 1.03. The highest BCUT2D eigenvalue weighted by Crippen LogP contribution is 2.14. The number of hydrogen-bond donors (Lipinski definition) is 0. The van der Waals surface area contributed by atoms with Gasteiger partial charge in [-0.25, -0.2) is 4.98 Å². The molecule has 0 radical (unpaired) electrons. The van der Waals surface area contributed by atoms with Gasteiger partial charge in [0.2, 0.25) is 5.91 Å². The van der Waals surface area contributed by atoms with Crippen LogP contribution in [0.15, 0.2) is 48.2 Å². The number of aryl methyl sites for hydroxylation is 2. The molecule has 0 aliphatic carbocycles. The molecule has 2 rings (SSSR count). The third kappa shape index (κ3) is 5.11. The summed E-state index contributed by atoms with van der Waals surface area (Å²) in [5.74, 6) is 0.0524. The maximum absolute atomic E-state index is 12.2. The van der Waals surface area contributed by atoms with Gasteiger partial charge in [-0.1, -0.05) is 35.9 Å². The zero-order valence-electron chi connectivity index (χ0n) is 13.4. The van der Waals surface area contributed by atoms with Crippen LogP contribution in [0.4, 0.5) is 0 Å². The van der Waals surface area contributed by atoms with Crippen LogP contribution in [-0.2, 0) is 17.8 Å². The first-order valence-corrected chi connectivity index (χ1v) is 8.24. The van der Waals surface area contributed by atoms with E-state index in [1.807, 2.05) is 45.3 Å². The number of likely N-dealkylation sites (N-methyl/N-ethyl adjacent to an activating group) is 1. The molecule has 116 valence electrons. The molecule has 0 bridgehead atoms. The van der Waals surface area contributed by atoms with Crippen molar-refractivity contribution in [1.82, 2.24) is 9.88 Å². The summed E-state index contributed by atoms with van der Waals surface area (Å²) >= 11 is 1.63. The average Bonchev–Trinajstić information content (AvgIpc) is 2.91. The molecule has 2 aromatic rings. The van der Waals surface area contributed by atoms with Crippen LogP contribution in [0.1, 0.15) is 28.8 Å². The quantitative estimate of drug-likeness (QED) is 0.755. The van der Waals surface area contributed by atoms with Crippen LogP contribution < -0.4 is 0 Å². The standard InChI is InChI=1S/C18H22N2OS/c1-14(9-10-16-7-5-4-6-8-16)11-18(21)20(3)13-17-12-19-15(2)22-17/h4-8,11-12H,9-10,13H2,1-3H3/b14-11+. The van der Waals surface area contributed by atoms with Gasteiger partial charge < -0.3 is 4.90 Å². The van der Waals surface area contributed by atoms with E-state index in [0.29, 0.717) is 6.54 Å². The van der Waals surface area contributed by atoms with Gasteiger partial charge in [0.15, 0.2) is 0 Å². The van der Waals surface area contributed by atoms with Crippen LogP contribution in [0.25, 0.3) is 0 Å². The van der Waals surface area contributed by atoms with Gasteiger partial charge in [-0.3, -0.25) is 4.79 Å². The van der Waals surface area contributed by atoms with Crippen molar-refractivity contribution >= 4 is 17.2 Å². The molecule has 22 heavy (non-hydrogen) atoms. The van der Waals surface area contributed by atoms with Crippen molar-refractivity contribution in [1.29, 1.82) is 0 Å². The average molecular weight is 314 g/mol. The van der Waals surface area contributed by atoms with Gasteiger partial charge in [0.25, 0.3) is 0 Å². The van der Waals surface area contributed by atoms with E-state index in [1.54, 1.807) is 22.3 Å². The lowest BCUT2D eigenvalue weighted by Gasteiger charge is -2.14. The van der Waals surface area contributed by atoms with Crippen LogP contribution in [-0.4, -0.2) is 22.8 Å². The first kappa shape index (κ1) is 16.4. The summed E-state index contributed by atoms with van der Waals surface area (Å²) in [6.07, 6.45) is 5.46. The van der Waals surface area contributed by atoms with Crippen LogP contribution >= 0.6 is 11.3 Å². The number of rotatable bonds is 6. The van der Waals surface area contributed by atoms with Gasteiger partial charge in [0.05, 0.1) is 11.6 Å². The zero-order chi connectivity index (χ0) is 15.9. The van der Waals surface area contributed by atoms with E-state index in [0.717, 1.165) is 28.3 Å². The molecule has 0 spiro atoms. The highest BCUT2D eigenvalue weighted by Gasteiger charge is 2.09. The Bertz CT molecular complexity index is 646. The summed E-state index contributed by atoms with van der Waals surface area (Å²) < 4.78 is 0. The minimum absolute atomic E-state index is 0.0524. The Balaban J connectivity index is 1.85. The molecule has 0 fully saturated rings. The summed E-state index contributed by atoms with van der Waals surface area (Å²) in [6.45, 7) is 4.61. The minimum atomic E-state index is 0.0524. The minimum Gasteiger partial charge on any atom is -0.337 e. The Labute approximate surface area is 136 Å². The number of aromatic nitrogens is 1. The number of allylic oxidation sites excluding steroid dienone is 1. The fraction of sp³-hybridized carbons (Fsp3) is 0.333. The monoisotopic (exact) mass is 314 g/mol. The Hall–Kier alpha value is -1.94. The maximum Gasteiger partial charge on any atom is 0.246 e. The molecule has 1 aromatic carbocycles. The predicted molar refractivity (Wildman–Crippen MR) is 91.8 cm³/mol. The van der Waals surface area contributed by atoms with E-state index in [2.05, 4.69) is 17.1 Å². The molecular weight excluding hydrogens is 292 g/mol. The highest BCUT2D eigenvalue weighted by atomic mass is 32.1. The van der Waals surface area contributed by atoms with Crippen molar-refractivity contribution in [2.24, 2.45) is 0 Å². The summed E-state index contributed by atoms with van der Waals surface area (Å²) in [5.41, 5.74) is 2.41. The van der Waals surface area contributed by atoms with E-state index < -0.39 is 0 Å². The molecule has 3 nitrogen and oxygen atoms in total. The van der Waals surface area contributed by atoms with Crippen LogP contribution in [0.2, 0.25) is 0 Å². The number of carbonyl (C=O) groups is 1. The molecule has 1 amide bonds. The molecule has 0 aliphatic heterocycles. The first-order chi connectivity index (χ1) is 10.5. The van der Waals surface area contributed by atoms with E-state index in [9.17, 15) is 4.79 Å². The number of nitrogens with zero attached hydrogens (tertiary/aromatic N) is 2. The zero-order valence-corrected chi connectivity index (χ0v) is 14.2. The van der Waals surface area contributed by atoms with Gasteiger partial charge in [-0.2, -0.15) is 0 Å².